The van der Waals surface area contributed by atoms with Crippen molar-refractivity contribution in [1.29, 1.82) is 0 Å². The Morgan fingerprint density at radius 3 is 2.41 bits per heavy atom. The van der Waals surface area contributed by atoms with Gasteiger partial charge in [0, 0.05) is 18.7 Å². The molecule has 0 radical (unpaired) electrons. The number of rotatable bonds is 3. The molecule has 150 valence electrons. The largest absolute Gasteiger partial charge is 0.372 e. The molecule has 1 aromatic heterocycles. The Kier molecular flexibility index (Phi) is 5.39. The van der Waals surface area contributed by atoms with Crippen molar-refractivity contribution < 1.29 is 13.9 Å². The maximum absolute atomic E-state index is 13.4. The van der Waals surface area contributed by atoms with Gasteiger partial charge in [-0.2, -0.15) is 5.10 Å². The van der Waals surface area contributed by atoms with E-state index >= 15 is 0 Å². The third kappa shape index (κ3) is 4.04. The van der Waals surface area contributed by atoms with Gasteiger partial charge < -0.3 is 9.64 Å². The van der Waals surface area contributed by atoms with E-state index in [1.807, 2.05) is 32.0 Å². The van der Waals surface area contributed by atoms with Gasteiger partial charge in [0.25, 0.3) is 5.91 Å². The first-order valence-corrected chi connectivity index (χ1v) is 9.86. The minimum atomic E-state index is -0.327. The maximum Gasteiger partial charge on any atom is 0.272 e. The van der Waals surface area contributed by atoms with Gasteiger partial charge >= 0.3 is 0 Å². The van der Waals surface area contributed by atoms with Crippen LogP contribution in [0.25, 0.3) is 16.9 Å². The van der Waals surface area contributed by atoms with Gasteiger partial charge in [-0.25, -0.2) is 9.07 Å². The number of amides is 1. The van der Waals surface area contributed by atoms with Crippen molar-refractivity contribution in [2.75, 3.05) is 13.1 Å². The highest BCUT2D eigenvalue weighted by Crippen LogP contribution is 2.27. The molecule has 1 fully saturated rings. The van der Waals surface area contributed by atoms with E-state index < -0.39 is 0 Å². The highest BCUT2D eigenvalue weighted by atomic mass is 35.5. The number of carbonyl (C=O) groups is 1. The molecule has 1 saturated heterocycles. The van der Waals surface area contributed by atoms with Crippen molar-refractivity contribution in [2.45, 2.75) is 26.1 Å². The van der Waals surface area contributed by atoms with E-state index in [4.69, 9.17) is 16.3 Å². The Hall–Kier alpha value is -2.70. The first kappa shape index (κ1) is 19.6. The zero-order valence-electron chi connectivity index (χ0n) is 16.2. The Labute approximate surface area is 173 Å². The number of benzene rings is 2. The number of morpholine rings is 1. The molecule has 5 nitrogen and oxygen atoms in total. The van der Waals surface area contributed by atoms with Gasteiger partial charge in [0.2, 0.25) is 0 Å². The maximum atomic E-state index is 13.4. The van der Waals surface area contributed by atoms with E-state index in [0.29, 0.717) is 35.2 Å². The molecule has 0 bridgehead atoms. The van der Waals surface area contributed by atoms with Crippen LogP contribution in [0.15, 0.2) is 54.6 Å². The quantitative estimate of drug-likeness (QED) is 0.631. The predicted molar refractivity (Wildman–Crippen MR) is 110 cm³/mol. The molecule has 7 heteroatoms. The zero-order chi connectivity index (χ0) is 20.5. The van der Waals surface area contributed by atoms with E-state index in [2.05, 4.69) is 5.10 Å². The second-order valence-corrected chi connectivity index (χ2v) is 7.66. The summed E-state index contributed by atoms with van der Waals surface area (Å²) in [7, 11) is 0. The van der Waals surface area contributed by atoms with Gasteiger partial charge in [-0.15, -0.1) is 0 Å². The van der Waals surface area contributed by atoms with Gasteiger partial charge in [0.05, 0.1) is 28.6 Å². The second kappa shape index (κ2) is 7.97. The summed E-state index contributed by atoms with van der Waals surface area (Å²) in [6.45, 7) is 4.90. The Bertz CT molecular complexity index is 1020. The Morgan fingerprint density at radius 1 is 1.10 bits per heavy atom. The summed E-state index contributed by atoms with van der Waals surface area (Å²) in [4.78, 5) is 15.2. The van der Waals surface area contributed by atoms with Gasteiger partial charge in [-0.3, -0.25) is 4.79 Å². The van der Waals surface area contributed by atoms with Crippen LogP contribution < -0.4 is 0 Å². The summed E-state index contributed by atoms with van der Waals surface area (Å²) in [5, 5.41) is 5.11. The second-order valence-electron chi connectivity index (χ2n) is 7.25. The highest BCUT2D eigenvalue weighted by Gasteiger charge is 2.29. The standard InChI is InChI=1S/C22H21ClFN3O2/c1-14-12-26(13-15(2)29-14)22(28)21-11-19(16-7-9-17(24)10-8-16)25-27(21)20-6-4-3-5-18(20)23/h3-11,14-15H,12-13H2,1-2H3/t14-,15-/m1/s1. The third-order valence-electron chi connectivity index (χ3n) is 4.86. The fourth-order valence-electron chi connectivity index (χ4n) is 3.61. The Balaban J connectivity index is 1.80. The van der Waals surface area contributed by atoms with Gasteiger partial charge in [0.1, 0.15) is 11.5 Å². The van der Waals surface area contributed by atoms with E-state index in [-0.39, 0.29) is 23.9 Å². The Morgan fingerprint density at radius 2 is 1.76 bits per heavy atom. The van der Waals surface area contributed by atoms with E-state index in [1.54, 1.807) is 33.8 Å². The molecule has 3 aromatic rings. The third-order valence-corrected chi connectivity index (χ3v) is 5.18. The number of aromatic nitrogens is 2. The fraction of sp³-hybridized carbons (Fsp3) is 0.273. The van der Waals surface area contributed by atoms with E-state index in [1.165, 1.54) is 12.1 Å². The molecule has 2 aromatic carbocycles. The molecule has 2 atom stereocenters. The summed E-state index contributed by atoms with van der Waals surface area (Å²) < 4.78 is 20.6. The number of hydrogen-bond donors (Lipinski definition) is 0. The van der Waals surface area contributed by atoms with Crippen LogP contribution in [-0.4, -0.2) is 45.9 Å². The molecule has 0 N–H and O–H groups in total. The molecular formula is C22H21ClFN3O2. The van der Waals surface area contributed by atoms with E-state index in [9.17, 15) is 9.18 Å². The van der Waals surface area contributed by atoms with Crippen molar-refractivity contribution in [3.8, 4) is 16.9 Å². The monoisotopic (exact) mass is 413 g/mol. The molecule has 1 aliphatic heterocycles. The van der Waals surface area contributed by atoms with Crippen LogP contribution >= 0.6 is 11.6 Å². The molecular weight excluding hydrogens is 393 g/mol. The lowest BCUT2D eigenvalue weighted by atomic mass is 10.1. The summed E-state index contributed by atoms with van der Waals surface area (Å²) in [5.41, 5.74) is 2.30. The fourth-order valence-corrected chi connectivity index (χ4v) is 3.82. The summed E-state index contributed by atoms with van der Waals surface area (Å²) in [5.74, 6) is -0.473. The minimum Gasteiger partial charge on any atom is -0.372 e. The SMILES string of the molecule is C[C@@H]1CN(C(=O)c2cc(-c3ccc(F)cc3)nn2-c2ccccc2Cl)C[C@@H](C)O1. The highest BCUT2D eigenvalue weighted by molar-refractivity contribution is 6.32. The molecule has 0 aliphatic carbocycles. The van der Waals surface area contributed by atoms with Crippen molar-refractivity contribution in [3.63, 3.8) is 0 Å². The van der Waals surface area contributed by atoms with Crippen LogP contribution in [0.1, 0.15) is 24.3 Å². The van der Waals surface area contributed by atoms with Crippen LogP contribution in [0.2, 0.25) is 5.02 Å². The zero-order valence-corrected chi connectivity index (χ0v) is 16.9. The van der Waals surface area contributed by atoms with Crippen LogP contribution in [-0.2, 0) is 4.74 Å². The smallest absolute Gasteiger partial charge is 0.272 e. The summed E-state index contributed by atoms with van der Waals surface area (Å²) >= 11 is 6.39. The summed E-state index contributed by atoms with van der Waals surface area (Å²) in [6, 6.07) is 15.0. The lowest BCUT2D eigenvalue weighted by molar-refractivity contribution is -0.0588. The molecule has 1 amide bonds. The first-order valence-electron chi connectivity index (χ1n) is 9.48. The predicted octanol–water partition coefficient (Wildman–Crippen LogP) is 4.58. The number of nitrogens with zero attached hydrogens (tertiary/aromatic N) is 3. The van der Waals surface area contributed by atoms with Crippen LogP contribution in [0.5, 0.6) is 0 Å². The topological polar surface area (TPSA) is 47.4 Å². The molecule has 29 heavy (non-hydrogen) atoms. The molecule has 4 rings (SSSR count). The van der Waals surface area contributed by atoms with Crippen molar-refractivity contribution >= 4 is 17.5 Å². The van der Waals surface area contributed by atoms with Crippen LogP contribution in [0, 0.1) is 5.82 Å². The molecule has 1 aliphatic rings. The number of para-hydroxylation sites is 1. The minimum absolute atomic E-state index is 0.0454. The summed E-state index contributed by atoms with van der Waals surface area (Å²) in [6.07, 6.45) is -0.0908. The van der Waals surface area contributed by atoms with Crippen LogP contribution in [0.3, 0.4) is 0 Å². The number of hydrogen-bond acceptors (Lipinski definition) is 3. The van der Waals surface area contributed by atoms with Gasteiger partial charge in [-0.1, -0.05) is 23.7 Å². The average molecular weight is 414 g/mol. The molecule has 0 unspecified atom stereocenters. The van der Waals surface area contributed by atoms with Crippen molar-refractivity contribution in [2.24, 2.45) is 0 Å². The molecule has 0 saturated carbocycles. The number of halogens is 2. The van der Waals surface area contributed by atoms with Gasteiger partial charge in [-0.05, 0) is 56.3 Å². The molecule has 2 heterocycles. The number of ether oxygens (including phenoxy) is 1. The van der Waals surface area contributed by atoms with Gasteiger partial charge in [0.15, 0.2) is 0 Å². The van der Waals surface area contributed by atoms with Crippen molar-refractivity contribution in [3.05, 3.63) is 71.1 Å². The lowest BCUT2D eigenvalue weighted by Gasteiger charge is -2.35. The normalized spacial score (nSPS) is 19.4. The lowest BCUT2D eigenvalue weighted by Crippen LogP contribution is -2.48. The van der Waals surface area contributed by atoms with Crippen LogP contribution in [0.4, 0.5) is 4.39 Å². The van der Waals surface area contributed by atoms with E-state index in [0.717, 1.165) is 5.56 Å². The first-order chi connectivity index (χ1) is 13.9. The van der Waals surface area contributed by atoms with Crippen molar-refractivity contribution in [1.82, 2.24) is 14.7 Å². The number of carbonyl (C=O) groups excluding carboxylic acids is 1. The average Bonchev–Trinajstić information content (AvgIpc) is 3.12. The molecule has 0 spiro atoms.